The number of carbonyl (C=O) groups excluding carboxylic acids is 1. The molecule has 136 valence electrons. The molecule has 1 aliphatic carbocycles. The first kappa shape index (κ1) is 17.5. The van der Waals surface area contributed by atoms with E-state index < -0.39 is 0 Å². The molecule has 2 unspecified atom stereocenters. The monoisotopic (exact) mass is 408 g/mol. The second kappa shape index (κ2) is 6.99. The molecule has 2 fully saturated rings. The molecule has 4 rings (SSSR count). The fourth-order valence-corrected chi connectivity index (χ4v) is 5.69. The van der Waals surface area contributed by atoms with E-state index in [9.17, 15) is 9.18 Å². The molecule has 1 saturated carbocycles. The van der Waals surface area contributed by atoms with Crippen molar-refractivity contribution in [1.82, 2.24) is 9.80 Å². The second-order valence-corrected chi connectivity index (χ2v) is 8.60. The fraction of sp³-hybridized carbons (Fsp3) is 0.650. The van der Waals surface area contributed by atoms with Crippen LogP contribution in [0.5, 0.6) is 0 Å². The third kappa shape index (κ3) is 3.03. The summed E-state index contributed by atoms with van der Waals surface area (Å²) in [4.78, 5) is 17.8. The number of fused-ring (bicyclic) bond motifs is 1. The van der Waals surface area contributed by atoms with Crippen LogP contribution in [0.25, 0.3) is 0 Å². The maximum Gasteiger partial charge on any atom is 0.257 e. The lowest BCUT2D eigenvalue weighted by Crippen LogP contribution is -2.55. The van der Waals surface area contributed by atoms with E-state index in [1.54, 1.807) is 0 Å². The summed E-state index contributed by atoms with van der Waals surface area (Å²) in [6, 6.07) is 3.48. The predicted molar refractivity (Wildman–Crippen MR) is 99.9 cm³/mol. The number of nitrogens with zero attached hydrogens (tertiary/aromatic N) is 2. The number of hydrogen-bond donors (Lipinski definition) is 0. The van der Waals surface area contributed by atoms with E-state index in [0.717, 1.165) is 24.9 Å². The minimum Gasteiger partial charge on any atom is -0.316 e. The molecule has 0 spiro atoms. The van der Waals surface area contributed by atoms with Crippen molar-refractivity contribution in [1.29, 1.82) is 0 Å². The van der Waals surface area contributed by atoms with Crippen molar-refractivity contribution in [3.63, 3.8) is 0 Å². The molecule has 1 aromatic rings. The van der Waals surface area contributed by atoms with Gasteiger partial charge in [0.1, 0.15) is 5.82 Å². The van der Waals surface area contributed by atoms with Gasteiger partial charge in [0.25, 0.3) is 5.91 Å². The molecule has 1 amide bonds. The summed E-state index contributed by atoms with van der Waals surface area (Å²) < 4.78 is 14.5. The summed E-state index contributed by atoms with van der Waals surface area (Å²) in [6.07, 6.45) is 10.00. The van der Waals surface area contributed by atoms with Crippen molar-refractivity contribution in [2.75, 3.05) is 6.54 Å². The van der Waals surface area contributed by atoms with Gasteiger partial charge in [0, 0.05) is 17.1 Å². The van der Waals surface area contributed by atoms with E-state index in [-0.39, 0.29) is 23.9 Å². The number of amides is 1. The zero-order valence-corrected chi connectivity index (χ0v) is 16.4. The summed E-state index contributed by atoms with van der Waals surface area (Å²) in [6.45, 7) is 3.13. The molecule has 0 radical (unpaired) electrons. The Bertz CT molecular complexity index is 674. The average molecular weight is 409 g/mol. The maximum absolute atomic E-state index is 13.9. The van der Waals surface area contributed by atoms with E-state index >= 15 is 0 Å². The van der Waals surface area contributed by atoms with Gasteiger partial charge >= 0.3 is 0 Å². The minimum absolute atomic E-state index is 0.0575. The summed E-state index contributed by atoms with van der Waals surface area (Å²) >= 11 is 3.41. The highest BCUT2D eigenvalue weighted by Gasteiger charge is 2.44. The number of hydrogen-bond acceptors (Lipinski definition) is 2. The van der Waals surface area contributed by atoms with E-state index in [4.69, 9.17) is 0 Å². The number of benzene rings is 1. The second-order valence-electron chi connectivity index (χ2n) is 7.75. The van der Waals surface area contributed by atoms with Gasteiger partial charge < -0.3 is 4.90 Å². The van der Waals surface area contributed by atoms with Gasteiger partial charge in [0.2, 0.25) is 0 Å². The standard InChI is InChI=1S/C20H26BrFN2O/c1-13-16-11-14(22)12-17(21)19(16)20(25)24(13)18-9-5-6-10-23(18)15-7-3-2-4-8-15/h11-13,15,18H,2-10H2,1H3. The fourth-order valence-electron chi connectivity index (χ4n) is 5.07. The lowest BCUT2D eigenvalue weighted by molar-refractivity contribution is -0.0253. The molecule has 0 bridgehead atoms. The molecular formula is C20H26BrFN2O. The average Bonchev–Trinajstić information content (AvgIpc) is 2.86. The van der Waals surface area contributed by atoms with E-state index in [0.29, 0.717) is 16.1 Å². The van der Waals surface area contributed by atoms with Crippen LogP contribution in [0.2, 0.25) is 0 Å². The molecule has 3 aliphatic rings. The zero-order valence-electron chi connectivity index (χ0n) is 14.8. The van der Waals surface area contributed by atoms with Crippen LogP contribution < -0.4 is 0 Å². The smallest absolute Gasteiger partial charge is 0.257 e. The molecule has 2 heterocycles. The normalized spacial score (nSPS) is 28.4. The van der Waals surface area contributed by atoms with Gasteiger partial charge in [-0.25, -0.2) is 4.39 Å². The van der Waals surface area contributed by atoms with Crippen molar-refractivity contribution in [2.24, 2.45) is 0 Å². The Morgan fingerprint density at radius 2 is 1.80 bits per heavy atom. The Labute approximate surface area is 157 Å². The Kier molecular flexibility index (Phi) is 4.89. The van der Waals surface area contributed by atoms with Gasteiger partial charge in [-0.3, -0.25) is 9.69 Å². The highest BCUT2D eigenvalue weighted by molar-refractivity contribution is 9.10. The molecule has 2 aliphatic heterocycles. The topological polar surface area (TPSA) is 23.6 Å². The van der Waals surface area contributed by atoms with Gasteiger partial charge in [-0.1, -0.05) is 19.3 Å². The van der Waals surface area contributed by atoms with Crippen LogP contribution in [0.15, 0.2) is 16.6 Å². The van der Waals surface area contributed by atoms with Crippen LogP contribution in [0.3, 0.4) is 0 Å². The number of likely N-dealkylation sites (tertiary alicyclic amines) is 1. The van der Waals surface area contributed by atoms with Gasteiger partial charge in [-0.05, 0) is 72.7 Å². The molecule has 2 atom stereocenters. The first-order valence-corrected chi connectivity index (χ1v) is 10.4. The van der Waals surface area contributed by atoms with Gasteiger partial charge in [-0.15, -0.1) is 0 Å². The lowest BCUT2D eigenvalue weighted by atomic mass is 9.91. The quantitative estimate of drug-likeness (QED) is 0.666. The lowest BCUT2D eigenvalue weighted by Gasteiger charge is -2.47. The molecule has 5 heteroatoms. The van der Waals surface area contributed by atoms with Crippen LogP contribution >= 0.6 is 15.9 Å². The number of rotatable bonds is 2. The first-order valence-electron chi connectivity index (χ1n) is 9.65. The predicted octanol–water partition coefficient (Wildman–Crippen LogP) is 5.25. The third-order valence-corrected chi connectivity index (χ3v) is 6.90. The van der Waals surface area contributed by atoms with Gasteiger partial charge in [-0.2, -0.15) is 0 Å². The van der Waals surface area contributed by atoms with Crippen molar-refractivity contribution >= 4 is 21.8 Å². The van der Waals surface area contributed by atoms with Gasteiger partial charge in [0.05, 0.1) is 17.8 Å². The molecule has 0 aromatic heterocycles. The summed E-state index contributed by atoms with van der Waals surface area (Å²) in [5, 5.41) is 0. The molecule has 25 heavy (non-hydrogen) atoms. The maximum atomic E-state index is 13.9. The van der Waals surface area contributed by atoms with Crippen LogP contribution in [0, 0.1) is 5.82 Å². The molecule has 0 N–H and O–H groups in total. The van der Waals surface area contributed by atoms with E-state index in [1.165, 1.54) is 50.7 Å². The third-order valence-electron chi connectivity index (χ3n) is 6.28. The number of halogens is 2. The van der Waals surface area contributed by atoms with Gasteiger partial charge in [0.15, 0.2) is 0 Å². The first-order chi connectivity index (χ1) is 12.1. The van der Waals surface area contributed by atoms with Crippen LogP contribution in [0.1, 0.15) is 80.3 Å². The molecule has 3 nitrogen and oxygen atoms in total. The number of piperidine rings is 1. The van der Waals surface area contributed by atoms with Crippen molar-refractivity contribution in [3.05, 3.63) is 33.5 Å². The van der Waals surface area contributed by atoms with E-state index in [2.05, 4.69) is 20.8 Å². The minimum atomic E-state index is -0.278. The Hall–Kier alpha value is -0.940. The Morgan fingerprint density at radius 1 is 1.08 bits per heavy atom. The van der Waals surface area contributed by atoms with E-state index in [1.807, 2.05) is 11.8 Å². The zero-order chi connectivity index (χ0) is 17.6. The van der Waals surface area contributed by atoms with Crippen molar-refractivity contribution < 1.29 is 9.18 Å². The van der Waals surface area contributed by atoms with Crippen LogP contribution in [0.4, 0.5) is 4.39 Å². The molecular weight excluding hydrogens is 383 g/mol. The Morgan fingerprint density at radius 3 is 2.56 bits per heavy atom. The summed E-state index contributed by atoms with van der Waals surface area (Å²) in [7, 11) is 0. The molecule has 1 aromatic carbocycles. The summed E-state index contributed by atoms with van der Waals surface area (Å²) in [5.41, 5.74) is 1.48. The SMILES string of the molecule is CC1c2cc(F)cc(Br)c2C(=O)N1C1CCCCN1C1CCCCC1. The highest BCUT2D eigenvalue weighted by atomic mass is 79.9. The summed E-state index contributed by atoms with van der Waals surface area (Å²) in [5.74, 6) is -0.220. The largest absolute Gasteiger partial charge is 0.316 e. The Balaban J connectivity index is 1.65. The molecule has 1 saturated heterocycles. The van der Waals surface area contributed by atoms with Crippen molar-refractivity contribution in [2.45, 2.75) is 76.5 Å². The number of carbonyl (C=O) groups is 1. The highest BCUT2D eigenvalue weighted by Crippen LogP contribution is 2.42. The van der Waals surface area contributed by atoms with Crippen LogP contribution in [-0.4, -0.2) is 34.5 Å². The van der Waals surface area contributed by atoms with Crippen molar-refractivity contribution in [3.8, 4) is 0 Å². The van der Waals surface area contributed by atoms with Crippen LogP contribution in [-0.2, 0) is 0 Å².